The molecule has 0 amide bonds. The third-order valence-electron chi connectivity index (χ3n) is 4.33. The average Bonchev–Trinajstić information content (AvgIpc) is 2.63. The minimum absolute atomic E-state index is 0.779. The first-order valence-corrected chi connectivity index (χ1v) is 8.10. The summed E-state index contributed by atoms with van der Waals surface area (Å²) in [7, 11) is 0. The lowest BCUT2D eigenvalue weighted by Crippen LogP contribution is -1.94. The van der Waals surface area contributed by atoms with Gasteiger partial charge in [0, 0.05) is 17.3 Å². The van der Waals surface area contributed by atoms with Gasteiger partial charge in [0.1, 0.15) is 0 Å². The summed E-state index contributed by atoms with van der Waals surface area (Å²) in [4.78, 5) is 9.30. The Morgan fingerprint density at radius 1 is 0.750 bits per heavy atom. The predicted molar refractivity (Wildman–Crippen MR) is 99.9 cm³/mol. The van der Waals surface area contributed by atoms with E-state index in [1.165, 1.54) is 21.9 Å². The van der Waals surface area contributed by atoms with Gasteiger partial charge in [-0.15, -0.1) is 0 Å². The van der Waals surface area contributed by atoms with Crippen molar-refractivity contribution >= 4 is 10.8 Å². The Morgan fingerprint density at radius 2 is 1.58 bits per heavy atom. The molecule has 1 heterocycles. The summed E-state index contributed by atoms with van der Waals surface area (Å²) in [5.41, 5.74) is 5.57. The van der Waals surface area contributed by atoms with Crippen molar-refractivity contribution in [3.05, 3.63) is 84.1 Å². The Hall–Kier alpha value is -3.00. The highest BCUT2D eigenvalue weighted by atomic mass is 14.9. The van der Waals surface area contributed by atoms with Crippen LogP contribution in [0, 0.1) is 13.8 Å². The summed E-state index contributed by atoms with van der Waals surface area (Å²) in [5.74, 6) is 0.779. The van der Waals surface area contributed by atoms with Crippen molar-refractivity contribution in [3.63, 3.8) is 0 Å². The van der Waals surface area contributed by atoms with Crippen molar-refractivity contribution in [1.82, 2.24) is 9.97 Å². The SMILES string of the molecule is Cc1ccc(C)c(-c2nccc(-c3ccc4ccccc4c3)n2)c1. The van der Waals surface area contributed by atoms with Crippen LogP contribution in [0.25, 0.3) is 33.4 Å². The number of aryl methyl sites for hydroxylation is 2. The quantitative estimate of drug-likeness (QED) is 0.483. The number of nitrogens with zero attached hydrogens (tertiary/aromatic N) is 2. The van der Waals surface area contributed by atoms with E-state index in [2.05, 4.69) is 79.5 Å². The van der Waals surface area contributed by atoms with E-state index >= 15 is 0 Å². The van der Waals surface area contributed by atoms with Crippen LogP contribution in [0.4, 0.5) is 0 Å². The van der Waals surface area contributed by atoms with Gasteiger partial charge in [-0.3, -0.25) is 0 Å². The molecule has 0 saturated carbocycles. The molecule has 0 bridgehead atoms. The van der Waals surface area contributed by atoms with Crippen LogP contribution in [-0.4, -0.2) is 9.97 Å². The molecule has 0 aliphatic heterocycles. The fourth-order valence-electron chi connectivity index (χ4n) is 2.97. The van der Waals surface area contributed by atoms with Crippen LogP contribution in [0.1, 0.15) is 11.1 Å². The third kappa shape index (κ3) is 2.67. The molecule has 0 N–H and O–H groups in total. The first-order valence-electron chi connectivity index (χ1n) is 8.10. The van der Waals surface area contributed by atoms with Crippen LogP contribution in [0.15, 0.2) is 72.9 Å². The minimum atomic E-state index is 0.779. The maximum Gasteiger partial charge on any atom is 0.160 e. The van der Waals surface area contributed by atoms with Gasteiger partial charge in [0.15, 0.2) is 5.82 Å². The summed E-state index contributed by atoms with van der Waals surface area (Å²) in [6, 6.07) is 23.2. The molecule has 2 nitrogen and oxygen atoms in total. The number of fused-ring (bicyclic) bond motifs is 1. The Balaban J connectivity index is 1.83. The lowest BCUT2D eigenvalue weighted by Gasteiger charge is -2.08. The molecule has 4 rings (SSSR count). The topological polar surface area (TPSA) is 25.8 Å². The molecule has 3 aromatic carbocycles. The van der Waals surface area contributed by atoms with E-state index in [0.717, 1.165) is 22.6 Å². The van der Waals surface area contributed by atoms with Gasteiger partial charge < -0.3 is 0 Å². The number of rotatable bonds is 2. The number of hydrogen-bond donors (Lipinski definition) is 0. The Labute approximate surface area is 141 Å². The molecule has 0 spiro atoms. The lowest BCUT2D eigenvalue weighted by molar-refractivity contribution is 1.17. The third-order valence-corrected chi connectivity index (χ3v) is 4.33. The van der Waals surface area contributed by atoms with Crippen molar-refractivity contribution in [1.29, 1.82) is 0 Å². The maximum absolute atomic E-state index is 4.81. The molecule has 0 atom stereocenters. The fraction of sp³-hybridized carbons (Fsp3) is 0.0909. The molecule has 0 aliphatic carbocycles. The molecule has 0 aliphatic rings. The van der Waals surface area contributed by atoms with Crippen LogP contribution in [0.2, 0.25) is 0 Å². The Morgan fingerprint density at radius 3 is 2.46 bits per heavy atom. The normalized spacial score (nSPS) is 10.9. The molecule has 0 radical (unpaired) electrons. The second-order valence-corrected chi connectivity index (χ2v) is 6.15. The summed E-state index contributed by atoms with van der Waals surface area (Å²) >= 11 is 0. The standard InChI is InChI=1S/C22H18N2/c1-15-7-8-16(2)20(13-15)22-23-12-11-21(24-22)19-10-9-17-5-3-4-6-18(17)14-19/h3-14H,1-2H3. The molecule has 2 heteroatoms. The minimum Gasteiger partial charge on any atom is -0.237 e. The largest absolute Gasteiger partial charge is 0.237 e. The number of hydrogen-bond acceptors (Lipinski definition) is 2. The molecule has 1 aromatic heterocycles. The Bertz CT molecular complexity index is 1030. The highest BCUT2D eigenvalue weighted by Gasteiger charge is 2.08. The summed E-state index contributed by atoms with van der Waals surface area (Å²) in [6.45, 7) is 4.19. The van der Waals surface area contributed by atoms with Crippen LogP contribution in [-0.2, 0) is 0 Å². The van der Waals surface area contributed by atoms with Gasteiger partial charge in [0.25, 0.3) is 0 Å². The highest BCUT2D eigenvalue weighted by molar-refractivity contribution is 5.86. The molecule has 116 valence electrons. The summed E-state index contributed by atoms with van der Waals surface area (Å²) in [6.07, 6.45) is 1.84. The predicted octanol–water partition coefficient (Wildman–Crippen LogP) is 5.58. The zero-order valence-corrected chi connectivity index (χ0v) is 13.8. The smallest absolute Gasteiger partial charge is 0.160 e. The monoisotopic (exact) mass is 310 g/mol. The molecular weight excluding hydrogens is 292 g/mol. The van der Waals surface area contributed by atoms with E-state index in [0.29, 0.717) is 0 Å². The Kier molecular flexibility index (Phi) is 3.58. The van der Waals surface area contributed by atoms with Gasteiger partial charge in [-0.2, -0.15) is 0 Å². The molecule has 24 heavy (non-hydrogen) atoms. The van der Waals surface area contributed by atoms with Crippen molar-refractivity contribution in [2.75, 3.05) is 0 Å². The van der Waals surface area contributed by atoms with E-state index in [9.17, 15) is 0 Å². The lowest BCUT2D eigenvalue weighted by atomic mass is 10.0. The average molecular weight is 310 g/mol. The number of benzene rings is 3. The summed E-state index contributed by atoms with van der Waals surface area (Å²) < 4.78 is 0. The van der Waals surface area contributed by atoms with Crippen molar-refractivity contribution in [3.8, 4) is 22.6 Å². The van der Waals surface area contributed by atoms with E-state index in [4.69, 9.17) is 4.98 Å². The molecule has 0 unspecified atom stereocenters. The van der Waals surface area contributed by atoms with Crippen molar-refractivity contribution in [2.45, 2.75) is 13.8 Å². The first-order chi connectivity index (χ1) is 11.7. The zero-order chi connectivity index (χ0) is 16.5. The highest BCUT2D eigenvalue weighted by Crippen LogP contribution is 2.26. The molecule has 4 aromatic rings. The van der Waals surface area contributed by atoms with Crippen LogP contribution in [0.3, 0.4) is 0 Å². The first kappa shape index (κ1) is 14.6. The van der Waals surface area contributed by atoms with Crippen molar-refractivity contribution in [2.24, 2.45) is 0 Å². The molecule has 0 fully saturated rings. The van der Waals surface area contributed by atoms with Crippen LogP contribution >= 0.6 is 0 Å². The molecular formula is C22H18N2. The van der Waals surface area contributed by atoms with Crippen molar-refractivity contribution < 1.29 is 0 Å². The van der Waals surface area contributed by atoms with Gasteiger partial charge in [-0.1, -0.05) is 54.1 Å². The van der Waals surface area contributed by atoms with Crippen LogP contribution in [0.5, 0.6) is 0 Å². The van der Waals surface area contributed by atoms with Crippen LogP contribution < -0.4 is 0 Å². The van der Waals surface area contributed by atoms with E-state index < -0.39 is 0 Å². The van der Waals surface area contributed by atoms with Gasteiger partial charge in [-0.05, 0) is 48.4 Å². The van der Waals surface area contributed by atoms with Gasteiger partial charge in [0.2, 0.25) is 0 Å². The van der Waals surface area contributed by atoms with Gasteiger partial charge >= 0.3 is 0 Å². The molecule has 0 saturated heterocycles. The van der Waals surface area contributed by atoms with E-state index in [1.807, 2.05) is 12.3 Å². The maximum atomic E-state index is 4.81. The van der Waals surface area contributed by atoms with E-state index in [1.54, 1.807) is 0 Å². The number of aromatic nitrogens is 2. The van der Waals surface area contributed by atoms with Gasteiger partial charge in [-0.25, -0.2) is 9.97 Å². The van der Waals surface area contributed by atoms with Gasteiger partial charge in [0.05, 0.1) is 5.69 Å². The zero-order valence-electron chi connectivity index (χ0n) is 13.8. The summed E-state index contributed by atoms with van der Waals surface area (Å²) in [5, 5.41) is 2.46. The fourth-order valence-corrected chi connectivity index (χ4v) is 2.97. The van der Waals surface area contributed by atoms with E-state index in [-0.39, 0.29) is 0 Å². The second kappa shape index (κ2) is 5.89. The second-order valence-electron chi connectivity index (χ2n) is 6.15.